The Hall–Kier alpha value is -1.75. The van der Waals surface area contributed by atoms with Gasteiger partial charge in [-0.1, -0.05) is 23.7 Å². The van der Waals surface area contributed by atoms with Crippen LogP contribution >= 0.6 is 11.6 Å². The lowest BCUT2D eigenvalue weighted by atomic mass is 9.67. The molecule has 3 atom stereocenters. The van der Waals surface area contributed by atoms with Crippen molar-refractivity contribution in [3.63, 3.8) is 0 Å². The van der Waals surface area contributed by atoms with E-state index in [0.29, 0.717) is 0 Å². The molecule has 2 aromatic carbocycles. The summed E-state index contributed by atoms with van der Waals surface area (Å²) in [5.74, 6) is 1.35. The van der Waals surface area contributed by atoms with Gasteiger partial charge < -0.3 is 19.7 Å². The Kier molecular flexibility index (Phi) is 4.36. The maximum Gasteiger partial charge on any atom is 0.231 e. The largest absolute Gasteiger partial charge is 0.454 e. The maximum absolute atomic E-state index is 10.1. The summed E-state index contributed by atoms with van der Waals surface area (Å²) in [5.41, 5.74) is 4.39. The number of rotatable bonds is 3. The Bertz CT molecular complexity index is 805. The van der Waals surface area contributed by atoms with Gasteiger partial charge in [0.15, 0.2) is 11.5 Å². The van der Waals surface area contributed by atoms with Gasteiger partial charge >= 0.3 is 0 Å². The molecule has 0 aromatic heterocycles. The summed E-state index contributed by atoms with van der Waals surface area (Å²) in [5, 5.41) is 20.7. The molecular weight excluding hydrogens is 340 g/mol. The first kappa shape index (κ1) is 16.7. The van der Waals surface area contributed by atoms with Gasteiger partial charge in [0, 0.05) is 24.2 Å². The fourth-order valence-electron chi connectivity index (χ4n) is 4.15. The third-order valence-corrected chi connectivity index (χ3v) is 5.88. The number of aryl methyl sites for hydroxylation is 1. The first-order valence-electron chi connectivity index (χ1n) is 8.52. The van der Waals surface area contributed by atoms with Crippen molar-refractivity contribution in [3.8, 4) is 11.5 Å². The molecule has 0 fully saturated rings. The minimum Gasteiger partial charge on any atom is -0.454 e. The van der Waals surface area contributed by atoms with E-state index in [4.69, 9.17) is 21.1 Å². The molecule has 1 aliphatic heterocycles. The van der Waals surface area contributed by atoms with Gasteiger partial charge in [-0.2, -0.15) is 0 Å². The molecule has 2 N–H and O–H groups in total. The van der Waals surface area contributed by atoms with E-state index in [1.54, 1.807) is 0 Å². The number of aliphatic hydroxyl groups is 2. The Morgan fingerprint density at radius 2 is 1.88 bits per heavy atom. The van der Waals surface area contributed by atoms with Crippen molar-refractivity contribution in [2.45, 2.75) is 19.3 Å². The van der Waals surface area contributed by atoms with Crippen LogP contribution in [0, 0.1) is 18.8 Å². The summed E-state index contributed by atoms with van der Waals surface area (Å²) >= 11 is 6.40. The van der Waals surface area contributed by atoms with Crippen LogP contribution in [0.4, 0.5) is 0 Å². The quantitative estimate of drug-likeness (QED) is 0.881. The van der Waals surface area contributed by atoms with E-state index in [1.807, 2.05) is 31.2 Å². The standard InChI is InChI=1S/C20H21ClO4/c1-11-4-13-5-14(8-22)16(9-23)20(15(13)7-17(11)21)12-2-3-18-19(6-12)25-10-24-18/h2-4,6-7,14,16,20,22-23H,5,8-10H2,1H3/t14-,16-,20-/m1/s1. The van der Waals surface area contributed by atoms with Gasteiger partial charge in [0.05, 0.1) is 0 Å². The zero-order valence-corrected chi connectivity index (χ0v) is 14.8. The van der Waals surface area contributed by atoms with Gasteiger partial charge in [-0.05, 0) is 65.6 Å². The fraction of sp³-hybridized carbons (Fsp3) is 0.400. The Balaban J connectivity index is 1.87. The summed E-state index contributed by atoms with van der Waals surface area (Å²) in [7, 11) is 0. The monoisotopic (exact) mass is 360 g/mol. The van der Waals surface area contributed by atoms with Crippen molar-refractivity contribution in [1.82, 2.24) is 0 Å². The molecule has 0 saturated heterocycles. The Morgan fingerprint density at radius 1 is 1.08 bits per heavy atom. The van der Waals surface area contributed by atoms with Crippen LogP contribution in [0.2, 0.25) is 5.02 Å². The summed E-state index contributed by atoms with van der Waals surface area (Å²) in [6.07, 6.45) is 0.746. The number of fused-ring (bicyclic) bond motifs is 2. The van der Waals surface area contributed by atoms with E-state index < -0.39 is 0 Å². The third-order valence-electron chi connectivity index (χ3n) is 5.47. The van der Waals surface area contributed by atoms with Gasteiger partial charge in [0.2, 0.25) is 6.79 Å². The summed E-state index contributed by atoms with van der Waals surface area (Å²) in [4.78, 5) is 0. The smallest absolute Gasteiger partial charge is 0.231 e. The number of benzene rings is 2. The average Bonchev–Trinajstić information content (AvgIpc) is 3.09. The first-order valence-corrected chi connectivity index (χ1v) is 8.90. The number of aliphatic hydroxyl groups excluding tert-OH is 2. The molecule has 5 heteroatoms. The molecule has 132 valence electrons. The van der Waals surface area contributed by atoms with Crippen LogP contribution < -0.4 is 9.47 Å². The summed E-state index contributed by atoms with van der Waals surface area (Å²) in [6.45, 7) is 2.28. The molecule has 0 saturated carbocycles. The number of hydrogen-bond acceptors (Lipinski definition) is 4. The lowest BCUT2D eigenvalue weighted by molar-refractivity contribution is 0.101. The highest BCUT2D eigenvalue weighted by atomic mass is 35.5. The zero-order chi connectivity index (χ0) is 17.6. The normalized spacial score (nSPS) is 24.2. The van der Waals surface area contributed by atoms with Gasteiger partial charge in [-0.25, -0.2) is 0 Å². The van der Waals surface area contributed by atoms with Crippen molar-refractivity contribution in [2.75, 3.05) is 20.0 Å². The summed E-state index contributed by atoms with van der Waals surface area (Å²) in [6, 6.07) is 10.0. The van der Waals surface area contributed by atoms with Gasteiger partial charge in [-0.3, -0.25) is 0 Å². The number of hydrogen-bond donors (Lipinski definition) is 2. The van der Waals surface area contributed by atoms with Crippen molar-refractivity contribution >= 4 is 11.6 Å². The highest BCUT2D eigenvalue weighted by Gasteiger charge is 2.38. The molecule has 1 heterocycles. The Morgan fingerprint density at radius 3 is 2.64 bits per heavy atom. The number of halogens is 1. The molecule has 2 aliphatic rings. The van der Waals surface area contributed by atoms with Gasteiger partial charge in [0.1, 0.15) is 0 Å². The molecule has 4 nitrogen and oxygen atoms in total. The van der Waals surface area contributed by atoms with E-state index in [0.717, 1.165) is 39.6 Å². The fourth-order valence-corrected chi connectivity index (χ4v) is 4.32. The lowest BCUT2D eigenvalue weighted by Gasteiger charge is -2.39. The molecule has 4 rings (SSSR count). The van der Waals surface area contributed by atoms with Crippen LogP contribution in [0.25, 0.3) is 0 Å². The lowest BCUT2D eigenvalue weighted by Crippen LogP contribution is -2.35. The molecule has 0 amide bonds. The minimum absolute atomic E-state index is 0.00787. The van der Waals surface area contributed by atoms with Crippen molar-refractivity contribution in [1.29, 1.82) is 0 Å². The minimum atomic E-state index is -0.0726. The molecule has 0 spiro atoms. The zero-order valence-electron chi connectivity index (χ0n) is 14.0. The van der Waals surface area contributed by atoms with Crippen molar-refractivity contribution in [3.05, 3.63) is 57.6 Å². The number of ether oxygens (including phenoxy) is 2. The molecule has 0 radical (unpaired) electrons. The predicted molar refractivity (Wildman–Crippen MR) is 95.5 cm³/mol. The van der Waals surface area contributed by atoms with Crippen molar-refractivity contribution in [2.24, 2.45) is 11.8 Å². The van der Waals surface area contributed by atoms with Crippen LogP contribution in [-0.2, 0) is 6.42 Å². The van der Waals surface area contributed by atoms with Crippen LogP contribution in [0.3, 0.4) is 0 Å². The predicted octanol–water partition coefficient (Wildman–Crippen LogP) is 3.28. The van der Waals surface area contributed by atoms with E-state index in [1.165, 1.54) is 5.56 Å². The van der Waals surface area contributed by atoms with E-state index in [2.05, 4.69) is 6.07 Å². The van der Waals surface area contributed by atoms with Gasteiger partial charge in [0.25, 0.3) is 0 Å². The molecule has 25 heavy (non-hydrogen) atoms. The first-order chi connectivity index (χ1) is 12.1. The SMILES string of the molecule is Cc1cc2c(cc1Cl)[C@@H](c1ccc3c(c1)OCO3)[C@H](CO)[C@@H](CO)C2. The van der Waals surface area contributed by atoms with Crippen molar-refractivity contribution < 1.29 is 19.7 Å². The maximum atomic E-state index is 10.1. The summed E-state index contributed by atoms with van der Waals surface area (Å²) < 4.78 is 10.9. The topological polar surface area (TPSA) is 58.9 Å². The Labute approximate surface area is 152 Å². The second-order valence-corrected chi connectivity index (χ2v) is 7.29. The van der Waals surface area contributed by atoms with Crippen LogP contribution in [0.15, 0.2) is 30.3 Å². The van der Waals surface area contributed by atoms with E-state index >= 15 is 0 Å². The van der Waals surface area contributed by atoms with Gasteiger partial charge in [-0.15, -0.1) is 0 Å². The highest BCUT2D eigenvalue weighted by molar-refractivity contribution is 6.31. The third kappa shape index (κ3) is 2.78. The highest BCUT2D eigenvalue weighted by Crippen LogP contribution is 2.47. The van der Waals surface area contributed by atoms with Crippen LogP contribution in [0.5, 0.6) is 11.5 Å². The average molecular weight is 361 g/mol. The molecule has 0 bridgehead atoms. The van der Waals surface area contributed by atoms with Crippen LogP contribution in [-0.4, -0.2) is 30.2 Å². The van der Waals surface area contributed by atoms with E-state index in [-0.39, 0.29) is 37.8 Å². The second-order valence-electron chi connectivity index (χ2n) is 6.88. The molecule has 2 aromatic rings. The van der Waals surface area contributed by atoms with Crippen LogP contribution in [0.1, 0.15) is 28.2 Å². The molecular formula is C20H21ClO4. The van der Waals surface area contributed by atoms with E-state index in [9.17, 15) is 10.2 Å². The molecule has 1 aliphatic carbocycles. The molecule has 0 unspecified atom stereocenters. The second kappa shape index (κ2) is 6.52.